The molecule has 1 aromatic rings. The lowest BCUT2D eigenvalue weighted by molar-refractivity contribution is 0.235. The van der Waals surface area contributed by atoms with Crippen molar-refractivity contribution >= 4 is 0 Å². The maximum Gasteiger partial charge on any atom is -0.0250 e. The Bertz CT molecular complexity index is 312. The van der Waals surface area contributed by atoms with E-state index in [-0.39, 0.29) is 0 Å². The van der Waals surface area contributed by atoms with E-state index in [9.17, 15) is 0 Å². The standard InChI is InChI=1S/C17H26/c1-14(2)11-16-9-6-10-17(13-16)12-15-7-4-3-5-8-15/h3-5,7-8,14,16-17H,6,9-13H2,1-2H3. The lowest BCUT2D eigenvalue weighted by atomic mass is 9.76. The summed E-state index contributed by atoms with van der Waals surface area (Å²) in [7, 11) is 0. The van der Waals surface area contributed by atoms with Crippen LogP contribution in [0.1, 0.15) is 51.5 Å². The van der Waals surface area contributed by atoms with E-state index in [1.54, 1.807) is 0 Å². The summed E-state index contributed by atoms with van der Waals surface area (Å²) in [5.41, 5.74) is 1.53. The molecule has 2 rings (SSSR count). The molecule has 0 aromatic heterocycles. The van der Waals surface area contributed by atoms with E-state index in [0.717, 1.165) is 17.8 Å². The molecule has 17 heavy (non-hydrogen) atoms. The maximum absolute atomic E-state index is 2.36. The van der Waals surface area contributed by atoms with Crippen molar-refractivity contribution < 1.29 is 0 Å². The van der Waals surface area contributed by atoms with E-state index in [2.05, 4.69) is 44.2 Å². The highest BCUT2D eigenvalue weighted by molar-refractivity contribution is 5.15. The van der Waals surface area contributed by atoms with E-state index in [1.165, 1.54) is 44.1 Å². The van der Waals surface area contributed by atoms with E-state index in [0.29, 0.717) is 0 Å². The molecule has 0 aliphatic heterocycles. The summed E-state index contributed by atoms with van der Waals surface area (Å²) in [6, 6.07) is 11.0. The fourth-order valence-electron chi connectivity index (χ4n) is 3.42. The molecule has 0 radical (unpaired) electrons. The second kappa shape index (κ2) is 6.23. The summed E-state index contributed by atoms with van der Waals surface area (Å²) in [4.78, 5) is 0. The van der Waals surface area contributed by atoms with Gasteiger partial charge >= 0.3 is 0 Å². The third kappa shape index (κ3) is 4.18. The minimum atomic E-state index is 0.871. The van der Waals surface area contributed by atoms with Crippen LogP contribution in [0.5, 0.6) is 0 Å². The van der Waals surface area contributed by atoms with Gasteiger partial charge < -0.3 is 0 Å². The van der Waals surface area contributed by atoms with Crippen molar-refractivity contribution in [3.05, 3.63) is 35.9 Å². The fourth-order valence-corrected chi connectivity index (χ4v) is 3.42. The largest absolute Gasteiger partial charge is 0.0628 e. The molecular weight excluding hydrogens is 204 g/mol. The Morgan fingerprint density at radius 3 is 2.47 bits per heavy atom. The number of hydrogen-bond donors (Lipinski definition) is 0. The number of hydrogen-bond acceptors (Lipinski definition) is 0. The van der Waals surface area contributed by atoms with Crippen molar-refractivity contribution in [2.75, 3.05) is 0 Å². The molecule has 0 N–H and O–H groups in total. The van der Waals surface area contributed by atoms with Gasteiger partial charge in [-0.25, -0.2) is 0 Å². The highest BCUT2D eigenvalue weighted by atomic mass is 14.3. The smallest absolute Gasteiger partial charge is 0.0250 e. The van der Waals surface area contributed by atoms with Gasteiger partial charge in [0, 0.05) is 0 Å². The third-order valence-electron chi connectivity index (χ3n) is 4.06. The summed E-state index contributed by atoms with van der Waals surface area (Å²) in [6.07, 6.45) is 8.58. The van der Waals surface area contributed by atoms with Gasteiger partial charge in [0.1, 0.15) is 0 Å². The van der Waals surface area contributed by atoms with Gasteiger partial charge in [-0.1, -0.05) is 63.4 Å². The molecule has 2 atom stereocenters. The van der Waals surface area contributed by atoms with Crippen LogP contribution in [0, 0.1) is 17.8 Å². The number of rotatable bonds is 4. The van der Waals surface area contributed by atoms with E-state index in [4.69, 9.17) is 0 Å². The van der Waals surface area contributed by atoms with E-state index < -0.39 is 0 Å². The molecule has 1 saturated carbocycles. The summed E-state index contributed by atoms with van der Waals surface area (Å²) < 4.78 is 0. The molecule has 0 nitrogen and oxygen atoms in total. The van der Waals surface area contributed by atoms with Gasteiger partial charge in [-0.05, 0) is 42.6 Å². The molecule has 0 heterocycles. The second-order valence-corrected chi connectivity index (χ2v) is 6.22. The summed E-state index contributed by atoms with van der Waals surface area (Å²) in [5.74, 6) is 2.81. The normalized spacial score (nSPS) is 25.1. The van der Waals surface area contributed by atoms with E-state index in [1.807, 2.05) is 0 Å². The maximum atomic E-state index is 2.36. The molecule has 0 spiro atoms. The van der Waals surface area contributed by atoms with Gasteiger partial charge in [0.15, 0.2) is 0 Å². The van der Waals surface area contributed by atoms with Crippen molar-refractivity contribution in [2.45, 2.75) is 52.4 Å². The number of benzene rings is 1. The van der Waals surface area contributed by atoms with Gasteiger partial charge in [-0.2, -0.15) is 0 Å². The van der Waals surface area contributed by atoms with Crippen LogP contribution in [0.25, 0.3) is 0 Å². The lowest BCUT2D eigenvalue weighted by Crippen LogP contribution is -2.18. The zero-order chi connectivity index (χ0) is 12.1. The molecule has 1 aliphatic carbocycles. The summed E-state index contributed by atoms with van der Waals surface area (Å²) in [6.45, 7) is 4.72. The Morgan fingerprint density at radius 1 is 1.06 bits per heavy atom. The Morgan fingerprint density at radius 2 is 1.76 bits per heavy atom. The average Bonchev–Trinajstić information content (AvgIpc) is 2.30. The van der Waals surface area contributed by atoms with Crippen molar-refractivity contribution in [2.24, 2.45) is 17.8 Å². The molecule has 1 fully saturated rings. The van der Waals surface area contributed by atoms with Crippen LogP contribution in [-0.4, -0.2) is 0 Å². The topological polar surface area (TPSA) is 0 Å². The highest BCUT2D eigenvalue weighted by Gasteiger charge is 2.22. The lowest BCUT2D eigenvalue weighted by Gasteiger charge is -2.30. The SMILES string of the molecule is CC(C)CC1CCCC(Cc2ccccc2)C1. The van der Waals surface area contributed by atoms with Crippen LogP contribution in [0.2, 0.25) is 0 Å². The molecule has 1 aromatic carbocycles. The second-order valence-electron chi connectivity index (χ2n) is 6.22. The van der Waals surface area contributed by atoms with Crippen LogP contribution in [0.15, 0.2) is 30.3 Å². The highest BCUT2D eigenvalue weighted by Crippen LogP contribution is 2.34. The Kier molecular flexibility index (Phi) is 4.65. The fraction of sp³-hybridized carbons (Fsp3) is 0.647. The average molecular weight is 230 g/mol. The summed E-state index contributed by atoms with van der Waals surface area (Å²) in [5, 5.41) is 0. The van der Waals surface area contributed by atoms with Gasteiger partial charge in [0.25, 0.3) is 0 Å². The Labute approximate surface area is 106 Å². The first-order valence-electron chi connectivity index (χ1n) is 7.28. The zero-order valence-corrected chi connectivity index (χ0v) is 11.4. The van der Waals surface area contributed by atoms with Gasteiger partial charge in [-0.15, -0.1) is 0 Å². The first kappa shape index (κ1) is 12.7. The minimum Gasteiger partial charge on any atom is -0.0628 e. The van der Waals surface area contributed by atoms with Crippen LogP contribution >= 0.6 is 0 Å². The zero-order valence-electron chi connectivity index (χ0n) is 11.4. The van der Waals surface area contributed by atoms with Crippen molar-refractivity contribution in [3.63, 3.8) is 0 Å². The van der Waals surface area contributed by atoms with Crippen LogP contribution in [0.4, 0.5) is 0 Å². The first-order chi connectivity index (χ1) is 8.24. The predicted octanol–water partition coefficient (Wildman–Crippen LogP) is 5.08. The van der Waals surface area contributed by atoms with Crippen molar-refractivity contribution in [1.29, 1.82) is 0 Å². The quantitative estimate of drug-likeness (QED) is 0.676. The third-order valence-corrected chi connectivity index (χ3v) is 4.06. The first-order valence-corrected chi connectivity index (χ1v) is 7.28. The Hall–Kier alpha value is -0.780. The molecule has 1 aliphatic rings. The molecule has 0 amide bonds. The van der Waals surface area contributed by atoms with Crippen LogP contribution < -0.4 is 0 Å². The minimum absolute atomic E-state index is 0.871. The monoisotopic (exact) mass is 230 g/mol. The van der Waals surface area contributed by atoms with Crippen LogP contribution in [0.3, 0.4) is 0 Å². The molecule has 0 saturated heterocycles. The summed E-state index contributed by atoms with van der Waals surface area (Å²) >= 11 is 0. The van der Waals surface area contributed by atoms with E-state index >= 15 is 0 Å². The van der Waals surface area contributed by atoms with Crippen molar-refractivity contribution in [1.82, 2.24) is 0 Å². The van der Waals surface area contributed by atoms with Gasteiger partial charge in [0.05, 0.1) is 0 Å². The molecule has 94 valence electrons. The van der Waals surface area contributed by atoms with Crippen LogP contribution in [-0.2, 0) is 6.42 Å². The van der Waals surface area contributed by atoms with Gasteiger partial charge in [0.2, 0.25) is 0 Å². The molecule has 0 bridgehead atoms. The predicted molar refractivity (Wildman–Crippen MR) is 75.0 cm³/mol. The molecular formula is C17H26. The molecule has 0 heteroatoms. The Balaban J connectivity index is 1.85. The van der Waals surface area contributed by atoms with Crippen molar-refractivity contribution in [3.8, 4) is 0 Å². The molecule has 2 unspecified atom stereocenters. The van der Waals surface area contributed by atoms with Gasteiger partial charge in [-0.3, -0.25) is 0 Å².